The van der Waals surface area contributed by atoms with E-state index in [1.54, 1.807) is 63.6 Å². The third-order valence-electron chi connectivity index (χ3n) is 3.62. The lowest BCUT2D eigenvalue weighted by molar-refractivity contribution is -0.127. The molecule has 6 nitrogen and oxygen atoms in total. The molecule has 0 fully saturated rings. The molecule has 0 saturated heterocycles. The number of nitrogens with zero attached hydrogens (tertiary/aromatic N) is 1. The van der Waals surface area contributed by atoms with Crippen LogP contribution in [0.2, 0.25) is 0 Å². The van der Waals surface area contributed by atoms with Gasteiger partial charge in [-0.3, -0.25) is 4.79 Å². The molecule has 1 unspecified atom stereocenters. The van der Waals surface area contributed by atoms with Gasteiger partial charge in [0.05, 0.1) is 19.8 Å². The molecule has 0 spiro atoms. The summed E-state index contributed by atoms with van der Waals surface area (Å²) in [5.41, 5.74) is 1.18. The Hall–Kier alpha value is -3.20. The minimum atomic E-state index is -0.744. The first-order chi connectivity index (χ1) is 12.1. The molecule has 2 aromatic rings. The van der Waals surface area contributed by atoms with E-state index in [4.69, 9.17) is 19.5 Å². The van der Waals surface area contributed by atoms with Crippen molar-refractivity contribution in [1.29, 1.82) is 5.26 Å². The van der Waals surface area contributed by atoms with Crippen molar-refractivity contribution in [3.05, 3.63) is 53.6 Å². The summed E-state index contributed by atoms with van der Waals surface area (Å²) in [6.07, 6.45) is -0.744. The maximum absolute atomic E-state index is 12.3. The molecule has 0 saturated carbocycles. The molecule has 130 valence electrons. The molecule has 0 radical (unpaired) electrons. The summed E-state index contributed by atoms with van der Waals surface area (Å²) in [6.45, 7) is 1.90. The van der Waals surface area contributed by atoms with E-state index < -0.39 is 6.10 Å². The van der Waals surface area contributed by atoms with Crippen LogP contribution >= 0.6 is 0 Å². The van der Waals surface area contributed by atoms with Gasteiger partial charge in [-0.2, -0.15) is 5.26 Å². The van der Waals surface area contributed by atoms with E-state index in [1.165, 1.54) is 0 Å². The van der Waals surface area contributed by atoms with E-state index in [9.17, 15) is 4.79 Å². The quantitative estimate of drug-likeness (QED) is 0.838. The van der Waals surface area contributed by atoms with Gasteiger partial charge in [-0.25, -0.2) is 0 Å². The smallest absolute Gasteiger partial charge is 0.261 e. The fraction of sp³-hybridized carbons (Fsp3) is 0.263. The highest BCUT2D eigenvalue weighted by atomic mass is 16.5. The number of hydrogen-bond donors (Lipinski definition) is 1. The summed E-state index contributed by atoms with van der Waals surface area (Å²) in [6, 6.07) is 14.2. The summed E-state index contributed by atoms with van der Waals surface area (Å²) in [7, 11) is 3.14. The van der Waals surface area contributed by atoms with Crippen LogP contribution in [0.4, 0.5) is 0 Å². The number of methoxy groups -OCH3 is 2. The number of hydrogen-bond acceptors (Lipinski definition) is 5. The molecule has 0 heterocycles. The number of rotatable bonds is 7. The van der Waals surface area contributed by atoms with Gasteiger partial charge in [-0.15, -0.1) is 0 Å². The fourth-order valence-electron chi connectivity index (χ4n) is 2.25. The lowest BCUT2D eigenvalue weighted by Gasteiger charge is -2.16. The first-order valence-corrected chi connectivity index (χ1v) is 7.73. The van der Waals surface area contributed by atoms with E-state index in [0.29, 0.717) is 22.8 Å². The molecule has 25 heavy (non-hydrogen) atoms. The average molecular weight is 340 g/mol. The van der Waals surface area contributed by atoms with E-state index in [1.807, 2.05) is 6.07 Å². The van der Waals surface area contributed by atoms with Gasteiger partial charge in [0, 0.05) is 12.1 Å². The zero-order chi connectivity index (χ0) is 18.2. The molecule has 1 atom stereocenters. The van der Waals surface area contributed by atoms with E-state index >= 15 is 0 Å². The Labute approximate surface area is 146 Å². The van der Waals surface area contributed by atoms with Gasteiger partial charge in [-0.05, 0) is 37.3 Å². The van der Waals surface area contributed by atoms with Crippen LogP contribution in [0, 0.1) is 11.3 Å². The number of nitriles is 1. The topological polar surface area (TPSA) is 80.6 Å². The van der Waals surface area contributed by atoms with Gasteiger partial charge in [0.15, 0.2) is 6.10 Å². The second-order valence-electron chi connectivity index (χ2n) is 5.26. The second-order valence-corrected chi connectivity index (χ2v) is 5.26. The van der Waals surface area contributed by atoms with Crippen LogP contribution < -0.4 is 19.5 Å². The Balaban J connectivity index is 2.01. The zero-order valence-corrected chi connectivity index (χ0v) is 14.4. The molecule has 6 heteroatoms. The largest absolute Gasteiger partial charge is 0.497 e. The molecule has 0 aliphatic carbocycles. The van der Waals surface area contributed by atoms with Crippen LogP contribution in [0.25, 0.3) is 0 Å². The molecule has 1 amide bonds. The van der Waals surface area contributed by atoms with E-state index in [-0.39, 0.29) is 12.5 Å². The summed E-state index contributed by atoms with van der Waals surface area (Å²) >= 11 is 0. The zero-order valence-electron chi connectivity index (χ0n) is 14.4. The molecule has 0 aromatic heterocycles. The first kappa shape index (κ1) is 18.1. The molecule has 1 N–H and O–H groups in total. The summed E-state index contributed by atoms with van der Waals surface area (Å²) in [5.74, 6) is 1.42. The lowest BCUT2D eigenvalue weighted by Crippen LogP contribution is -2.36. The molecular formula is C19H20N2O4. The van der Waals surface area contributed by atoms with Crippen molar-refractivity contribution >= 4 is 5.91 Å². The molecule has 0 aliphatic rings. The maximum Gasteiger partial charge on any atom is 0.261 e. The number of amides is 1. The van der Waals surface area contributed by atoms with Gasteiger partial charge < -0.3 is 19.5 Å². The highest BCUT2D eigenvalue weighted by Gasteiger charge is 2.17. The van der Waals surface area contributed by atoms with Crippen LogP contribution in [-0.2, 0) is 11.3 Å². The minimum Gasteiger partial charge on any atom is -0.497 e. The van der Waals surface area contributed by atoms with Crippen LogP contribution in [0.1, 0.15) is 18.1 Å². The summed E-state index contributed by atoms with van der Waals surface area (Å²) < 4.78 is 16.1. The van der Waals surface area contributed by atoms with Crippen molar-refractivity contribution < 1.29 is 19.0 Å². The molecule has 2 rings (SSSR count). The Bertz CT molecular complexity index is 783. The number of benzene rings is 2. The van der Waals surface area contributed by atoms with Gasteiger partial charge in [0.25, 0.3) is 5.91 Å². The Morgan fingerprint density at radius 3 is 2.60 bits per heavy atom. The number of nitrogens with one attached hydrogen (secondary N) is 1. The van der Waals surface area contributed by atoms with Crippen molar-refractivity contribution in [2.24, 2.45) is 0 Å². The van der Waals surface area contributed by atoms with Gasteiger partial charge in [0.2, 0.25) is 0 Å². The van der Waals surface area contributed by atoms with Crippen molar-refractivity contribution in [2.75, 3.05) is 14.2 Å². The summed E-state index contributed by atoms with van der Waals surface area (Å²) in [5, 5.41) is 11.9. The number of carbonyl (C=O) groups is 1. The highest BCUT2D eigenvalue weighted by molar-refractivity contribution is 5.80. The highest BCUT2D eigenvalue weighted by Crippen LogP contribution is 2.24. The third-order valence-corrected chi connectivity index (χ3v) is 3.62. The van der Waals surface area contributed by atoms with E-state index in [0.717, 1.165) is 5.56 Å². The predicted octanol–water partition coefficient (Wildman–Crippen LogP) is 2.66. The minimum absolute atomic E-state index is 0.271. The average Bonchev–Trinajstić information content (AvgIpc) is 2.66. The van der Waals surface area contributed by atoms with Crippen molar-refractivity contribution in [3.8, 4) is 23.3 Å². The molecule has 0 bridgehead atoms. The monoisotopic (exact) mass is 340 g/mol. The fourth-order valence-corrected chi connectivity index (χ4v) is 2.25. The third kappa shape index (κ3) is 4.64. The number of ether oxygens (including phenoxy) is 3. The second kappa shape index (κ2) is 8.60. The van der Waals surface area contributed by atoms with E-state index in [2.05, 4.69) is 5.32 Å². The molecule has 0 aliphatic heterocycles. The SMILES string of the molecule is COc1ccc(OC)c(CNC(=O)C(C)Oc2ccccc2C#N)c1. The number of para-hydroxylation sites is 1. The predicted molar refractivity (Wildman–Crippen MR) is 92.6 cm³/mol. The van der Waals surface area contributed by atoms with Gasteiger partial charge >= 0.3 is 0 Å². The van der Waals surface area contributed by atoms with Crippen LogP contribution in [0.3, 0.4) is 0 Å². The summed E-state index contributed by atoms with van der Waals surface area (Å²) in [4.78, 5) is 12.3. The Morgan fingerprint density at radius 1 is 1.16 bits per heavy atom. The van der Waals surface area contributed by atoms with Gasteiger partial charge in [0.1, 0.15) is 23.3 Å². The molecule has 2 aromatic carbocycles. The normalized spacial score (nSPS) is 11.1. The van der Waals surface area contributed by atoms with Crippen LogP contribution in [0.15, 0.2) is 42.5 Å². The molecular weight excluding hydrogens is 320 g/mol. The Kier molecular flexibility index (Phi) is 6.24. The van der Waals surface area contributed by atoms with Crippen LogP contribution in [0.5, 0.6) is 17.2 Å². The first-order valence-electron chi connectivity index (χ1n) is 7.73. The van der Waals surface area contributed by atoms with Crippen molar-refractivity contribution in [1.82, 2.24) is 5.32 Å². The van der Waals surface area contributed by atoms with Crippen LogP contribution in [-0.4, -0.2) is 26.2 Å². The van der Waals surface area contributed by atoms with Crippen molar-refractivity contribution in [3.63, 3.8) is 0 Å². The maximum atomic E-state index is 12.3. The lowest BCUT2D eigenvalue weighted by atomic mass is 10.2. The Morgan fingerprint density at radius 2 is 1.92 bits per heavy atom. The van der Waals surface area contributed by atoms with Crippen molar-refractivity contribution in [2.45, 2.75) is 19.6 Å². The number of carbonyl (C=O) groups excluding carboxylic acids is 1. The van der Waals surface area contributed by atoms with Gasteiger partial charge in [-0.1, -0.05) is 12.1 Å². The standard InChI is InChI=1S/C19H20N2O4/c1-13(25-18-7-5-4-6-14(18)11-20)19(22)21-12-15-10-16(23-2)8-9-17(15)24-3/h4-10,13H,12H2,1-3H3,(H,21,22).